The summed E-state index contributed by atoms with van der Waals surface area (Å²) in [5.41, 5.74) is 10.6. The quantitative estimate of drug-likeness (QED) is 0.149. The Bertz CT molecular complexity index is 2480. The van der Waals surface area contributed by atoms with Gasteiger partial charge in [0.15, 0.2) is 0 Å². The van der Waals surface area contributed by atoms with E-state index in [0.717, 1.165) is 44.9 Å². The van der Waals surface area contributed by atoms with Crippen LogP contribution >= 0.6 is 0 Å². The zero-order chi connectivity index (χ0) is 30.9. The summed E-state index contributed by atoms with van der Waals surface area (Å²) in [7, 11) is 0. The van der Waals surface area contributed by atoms with Gasteiger partial charge in [0.1, 0.15) is 23.0 Å². The van der Waals surface area contributed by atoms with Crippen molar-refractivity contribution >= 4 is 44.6 Å². The average molecular weight is 599 g/mol. The van der Waals surface area contributed by atoms with E-state index in [4.69, 9.17) is 9.47 Å². The molecular formula is C44H27BO2. The summed E-state index contributed by atoms with van der Waals surface area (Å²) >= 11 is 0. The van der Waals surface area contributed by atoms with Crippen LogP contribution in [0, 0.1) is 0 Å². The largest absolute Gasteiger partial charge is 0.458 e. The van der Waals surface area contributed by atoms with Crippen LogP contribution < -0.4 is 25.9 Å². The van der Waals surface area contributed by atoms with Crippen LogP contribution in [0.15, 0.2) is 164 Å². The summed E-state index contributed by atoms with van der Waals surface area (Å²) in [4.78, 5) is 0. The van der Waals surface area contributed by atoms with Gasteiger partial charge in [0.2, 0.25) is 0 Å². The number of benzene rings is 8. The molecule has 3 heteroatoms. The topological polar surface area (TPSA) is 18.5 Å². The van der Waals surface area contributed by atoms with E-state index < -0.39 is 0 Å². The Kier molecular flexibility index (Phi) is 5.70. The molecule has 0 unspecified atom stereocenters. The molecule has 0 saturated heterocycles. The normalized spacial score (nSPS) is 12.6. The van der Waals surface area contributed by atoms with Crippen LogP contribution in [0.4, 0.5) is 0 Å². The Hall–Kier alpha value is -6.06. The van der Waals surface area contributed by atoms with Crippen molar-refractivity contribution in [2.75, 3.05) is 0 Å². The number of para-hydroxylation sites is 2. The second-order valence-corrected chi connectivity index (χ2v) is 12.3. The van der Waals surface area contributed by atoms with Crippen molar-refractivity contribution in [2.24, 2.45) is 0 Å². The van der Waals surface area contributed by atoms with Gasteiger partial charge in [-0.15, -0.1) is 0 Å². The van der Waals surface area contributed by atoms with Crippen LogP contribution in [-0.4, -0.2) is 6.71 Å². The highest BCUT2D eigenvalue weighted by molar-refractivity contribution is 6.98. The fourth-order valence-electron chi connectivity index (χ4n) is 7.88. The molecule has 2 nitrogen and oxygen atoms in total. The lowest BCUT2D eigenvalue weighted by atomic mass is 9.34. The summed E-state index contributed by atoms with van der Waals surface area (Å²) < 4.78 is 13.3. The Morgan fingerprint density at radius 3 is 1.55 bits per heavy atom. The van der Waals surface area contributed by atoms with Gasteiger partial charge in [-0.05, 0) is 72.9 Å². The molecule has 10 rings (SSSR count). The first-order valence-corrected chi connectivity index (χ1v) is 16.1. The molecule has 0 spiro atoms. The molecule has 2 aliphatic rings. The Labute approximate surface area is 273 Å². The first-order valence-electron chi connectivity index (χ1n) is 16.1. The fourth-order valence-corrected chi connectivity index (χ4v) is 7.88. The van der Waals surface area contributed by atoms with Gasteiger partial charge < -0.3 is 9.47 Å². The molecule has 0 saturated carbocycles. The van der Waals surface area contributed by atoms with E-state index in [1.165, 1.54) is 49.4 Å². The molecule has 0 aromatic heterocycles. The summed E-state index contributed by atoms with van der Waals surface area (Å²) in [6, 6.07) is 58.4. The predicted molar refractivity (Wildman–Crippen MR) is 195 cm³/mol. The van der Waals surface area contributed by atoms with E-state index in [0.29, 0.717) is 0 Å². The lowest BCUT2D eigenvalue weighted by molar-refractivity contribution is 0.465. The molecule has 0 amide bonds. The third kappa shape index (κ3) is 3.87. The van der Waals surface area contributed by atoms with Crippen LogP contribution in [0.5, 0.6) is 23.0 Å². The van der Waals surface area contributed by atoms with E-state index in [9.17, 15) is 0 Å². The lowest BCUT2D eigenvalue weighted by Crippen LogP contribution is -2.57. The monoisotopic (exact) mass is 598 g/mol. The predicted octanol–water partition coefficient (Wildman–Crippen LogP) is 9.72. The Morgan fingerprint density at radius 2 is 0.830 bits per heavy atom. The third-order valence-electron chi connectivity index (χ3n) is 9.82. The summed E-state index contributed by atoms with van der Waals surface area (Å²) in [6.07, 6.45) is 0. The number of ether oxygens (including phenoxy) is 2. The van der Waals surface area contributed by atoms with Crippen LogP contribution in [0.25, 0.3) is 54.9 Å². The molecule has 0 bridgehead atoms. The molecule has 0 atom stereocenters. The SMILES string of the molecule is c1ccc(-c2ccccc2-c2c3ccccc3c(-c3cccc4c3Oc3cccc5c3B4c3ccccc3O5)c3ccccc23)cc1. The smallest absolute Gasteiger partial charge is 0.260 e. The minimum atomic E-state index is 0.0180. The molecule has 0 fully saturated rings. The van der Waals surface area contributed by atoms with Crippen LogP contribution in [-0.2, 0) is 0 Å². The maximum absolute atomic E-state index is 6.93. The van der Waals surface area contributed by atoms with Crippen molar-refractivity contribution in [3.63, 3.8) is 0 Å². The fraction of sp³-hybridized carbons (Fsp3) is 0. The number of rotatable bonds is 3. The number of hydrogen-bond acceptors (Lipinski definition) is 2. The van der Waals surface area contributed by atoms with Crippen molar-refractivity contribution in [3.8, 4) is 56.4 Å². The highest BCUT2D eigenvalue weighted by Crippen LogP contribution is 2.48. The standard InChI is InChI=1S/C44H27BO2/c1-2-14-28(15-3-1)29-16-4-5-17-30(29)41-31-18-6-8-20-33(31)42(34-21-9-7-19-32(34)41)35-22-12-24-37-44(35)47-40-27-13-26-39-43(40)45(37)36-23-10-11-25-38(36)46-39/h1-27H. The highest BCUT2D eigenvalue weighted by Gasteiger charge is 2.40. The van der Waals surface area contributed by atoms with Gasteiger partial charge in [0, 0.05) is 16.6 Å². The molecule has 0 aliphatic carbocycles. The Balaban J connectivity index is 1.28. The van der Waals surface area contributed by atoms with Crippen LogP contribution in [0.1, 0.15) is 0 Å². The summed E-state index contributed by atoms with van der Waals surface area (Å²) in [6.45, 7) is 0.0180. The summed E-state index contributed by atoms with van der Waals surface area (Å²) in [5, 5.41) is 4.84. The first kappa shape index (κ1) is 26.2. The molecule has 8 aromatic carbocycles. The number of fused-ring (bicyclic) bond motifs is 6. The van der Waals surface area contributed by atoms with Gasteiger partial charge in [-0.2, -0.15) is 0 Å². The maximum atomic E-state index is 6.93. The van der Waals surface area contributed by atoms with Gasteiger partial charge in [-0.1, -0.05) is 146 Å². The summed E-state index contributed by atoms with van der Waals surface area (Å²) in [5.74, 6) is 3.52. The van der Waals surface area contributed by atoms with Crippen molar-refractivity contribution < 1.29 is 9.47 Å². The van der Waals surface area contributed by atoms with Crippen molar-refractivity contribution in [1.82, 2.24) is 0 Å². The zero-order valence-electron chi connectivity index (χ0n) is 25.5. The highest BCUT2D eigenvalue weighted by atomic mass is 16.5. The zero-order valence-corrected chi connectivity index (χ0v) is 25.5. The van der Waals surface area contributed by atoms with Gasteiger partial charge in [-0.3, -0.25) is 0 Å². The molecule has 8 aromatic rings. The van der Waals surface area contributed by atoms with Crippen molar-refractivity contribution in [2.45, 2.75) is 0 Å². The second-order valence-electron chi connectivity index (χ2n) is 12.3. The van der Waals surface area contributed by atoms with E-state index in [2.05, 4.69) is 146 Å². The van der Waals surface area contributed by atoms with Gasteiger partial charge in [0.05, 0.1) is 0 Å². The van der Waals surface area contributed by atoms with Gasteiger partial charge in [-0.25, -0.2) is 0 Å². The Morgan fingerprint density at radius 1 is 0.340 bits per heavy atom. The molecule has 0 radical (unpaired) electrons. The minimum Gasteiger partial charge on any atom is -0.458 e. The molecule has 2 heterocycles. The van der Waals surface area contributed by atoms with Gasteiger partial charge in [0.25, 0.3) is 6.71 Å². The van der Waals surface area contributed by atoms with E-state index in [-0.39, 0.29) is 6.71 Å². The van der Waals surface area contributed by atoms with E-state index >= 15 is 0 Å². The molecular weight excluding hydrogens is 571 g/mol. The first-order chi connectivity index (χ1) is 23.3. The van der Waals surface area contributed by atoms with E-state index in [1.807, 2.05) is 18.2 Å². The van der Waals surface area contributed by atoms with E-state index in [1.54, 1.807) is 0 Å². The van der Waals surface area contributed by atoms with Gasteiger partial charge >= 0.3 is 0 Å². The average Bonchev–Trinajstić information content (AvgIpc) is 3.14. The lowest BCUT2D eigenvalue weighted by Gasteiger charge is -2.33. The second kappa shape index (κ2) is 10.2. The molecule has 0 N–H and O–H groups in total. The molecule has 47 heavy (non-hydrogen) atoms. The maximum Gasteiger partial charge on any atom is 0.260 e. The van der Waals surface area contributed by atoms with Crippen LogP contribution in [0.3, 0.4) is 0 Å². The minimum absolute atomic E-state index is 0.0180. The van der Waals surface area contributed by atoms with Crippen molar-refractivity contribution in [3.05, 3.63) is 164 Å². The molecule has 2 aliphatic heterocycles. The van der Waals surface area contributed by atoms with Crippen molar-refractivity contribution in [1.29, 1.82) is 0 Å². The third-order valence-corrected chi connectivity index (χ3v) is 9.82. The molecule has 218 valence electrons. The number of hydrogen-bond donors (Lipinski definition) is 0. The van der Waals surface area contributed by atoms with Crippen LogP contribution in [0.2, 0.25) is 0 Å².